The Kier molecular flexibility index (Phi) is 6.61. The Morgan fingerprint density at radius 2 is 2.00 bits per heavy atom. The minimum Gasteiger partial charge on any atom is -0.389 e. The maximum atomic E-state index is 13.4. The summed E-state index contributed by atoms with van der Waals surface area (Å²) in [5.74, 6) is 0.587. The summed E-state index contributed by atoms with van der Waals surface area (Å²) in [6, 6.07) is 6.67. The van der Waals surface area contributed by atoms with Crippen molar-refractivity contribution in [3.05, 3.63) is 35.6 Å². The first kappa shape index (κ1) is 16.4. The van der Waals surface area contributed by atoms with Crippen LogP contribution in [0.15, 0.2) is 24.3 Å². The summed E-state index contributed by atoms with van der Waals surface area (Å²) in [5.41, 5.74) is 0.617. The lowest BCUT2D eigenvalue weighted by Crippen LogP contribution is -2.32. The van der Waals surface area contributed by atoms with Gasteiger partial charge >= 0.3 is 0 Å². The van der Waals surface area contributed by atoms with Gasteiger partial charge in [0.15, 0.2) is 0 Å². The first-order valence-corrected chi connectivity index (χ1v) is 7.89. The predicted octanol–water partition coefficient (Wildman–Crippen LogP) is 2.87. The van der Waals surface area contributed by atoms with Crippen molar-refractivity contribution in [3.8, 4) is 0 Å². The molecule has 0 aromatic heterocycles. The van der Waals surface area contributed by atoms with Gasteiger partial charge in [0.25, 0.3) is 0 Å². The third-order valence-electron chi connectivity index (χ3n) is 4.14. The van der Waals surface area contributed by atoms with E-state index in [1.807, 2.05) is 6.07 Å². The molecule has 0 heterocycles. The smallest absolute Gasteiger partial charge is 0.127 e. The number of hydrogen-bond donors (Lipinski definition) is 2. The molecule has 118 valence electrons. The summed E-state index contributed by atoms with van der Waals surface area (Å²) < 4.78 is 19.2. The average Bonchev–Trinajstić information content (AvgIpc) is 2.49. The lowest BCUT2D eigenvalue weighted by molar-refractivity contribution is -0.0278. The van der Waals surface area contributed by atoms with Crippen LogP contribution in [0.4, 0.5) is 4.39 Å². The zero-order valence-corrected chi connectivity index (χ0v) is 12.7. The SMILES string of the molecule is CC1CCC(OCC(O)CNCc2ccccc2F)CC1. The molecule has 0 spiro atoms. The summed E-state index contributed by atoms with van der Waals surface area (Å²) in [6.07, 6.45) is 4.37. The van der Waals surface area contributed by atoms with Crippen molar-refractivity contribution < 1.29 is 14.2 Å². The second-order valence-corrected chi connectivity index (χ2v) is 6.09. The molecule has 1 aliphatic rings. The second kappa shape index (κ2) is 8.47. The van der Waals surface area contributed by atoms with Crippen molar-refractivity contribution >= 4 is 0 Å². The van der Waals surface area contributed by atoms with Crippen LogP contribution in [-0.2, 0) is 11.3 Å². The topological polar surface area (TPSA) is 41.5 Å². The highest BCUT2D eigenvalue weighted by Crippen LogP contribution is 2.25. The molecule has 0 saturated heterocycles. The maximum Gasteiger partial charge on any atom is 0.127 e. The number of hydrogen-bond acceptors (Lipinski definition) is 3. The first-order chi connectivity index (χ1) is 10.1. The van der Waals surface area contributed by atoms with Crippen LogP contribution < -0.4 is 5.32 Å². The van der Waals surface area contributed by atoms with Crippen molar-refractivity contribution in [2.24, 2.45) is 5.92 Å². The van der Waals surface area contributed by atoms with Gasteiger partial charge in [-0.1, -0.05) is 25.1 Å². The molecule has 0 radical (unpaired) electrons. The van der Waals surface area contributed by atoms with Crippen molar-refractivity contribution in [1.29, 1.82) is 0 Å². The molecule has 1 aliphatic carbocycles. The summed E-state index contributed by atoms with van der Waals surface area (Å²) in [5, 5.41) is 13.0. The third-order valence-corrected chi connectivity index (χ3v) is 4.14. The van der Waals surface area contributed by atoms with Crippen LogP contribution in [0.1, 0.15) is 38.2 Å². The lowest BCUT2D eigenvalue weighted by Gasteiger charge is -2.27. The molecule has 3 nitrogen and oxygen atoms in total. The molecule has 0 amide bonds. The fraction of sp³-hybridized carbons (Fsp3) is 0.647. The standard InChI is InChI=1S/C17H26FNO2/c1-13-6-8-16(9-7-13)21-12-15(20)11-19-10-14-4-2-3-5-17(14)18/h2-5,13,15-16,19-20H,6-12H2,1H3. The molecular weight excluding hydrogens is 269 g/mol. The number of aliphatic hydroxyl groups excluding tert-OH is 1. The van der Waals surface area contributed by atoms with E-state index in [0.717, 1.165) is 18.8 Å². The highest BCUT2D eigenvalue weighted by Gasteiger charge is 2.19. The van der Waals surface area contributed by atoms with Crippen LogP contribution in [0.3, 0.4) is 0 Å². The summed E-state index contributed by atoms with van der Waals surface area (Å²) in [7, 11) is 0. The molecule has 4 heteroatoms. The number of rotatable bonds is 7. The summed E-state index contributed by atoms with van der Waals surface area (Å²) in [4.78, 5) is 0. The van der Waals surface area contributed by atoms with Crippen molar-refractivity contribution in [2.75, 3.05) is 13.2 Å². The number of aliphatic hydroxyl groups is 1. The normalized spacial score (nSPS) is 24.0. The summed E-state index contributed by atoms with van der Waals surface area (Å²) >= 11 is 0. The number of ether oxygens (including phenoxy) is 1. The van der Waals surface area contributed by atoms with Gasteiger partial charge in [0.2, 0.25) is 0 Å². The molecule has 2 rings (SSSR count). The minimum atomic E-state index is -0.545. The van der Waals surface area contributed by atoms with Crippen LogP contribution in [-0.4, -0.2) is 30.5 Å². The Labute approximate surface area is 126 Å². The Hall–Kier alpha value is -0.970. The van der Waals surface area contributed by atoms with Gasteiger partial charge in [0.05, 0.1) is 18.8 Å². The zero-order valence-electron chi connectivity index (χ0n) is 12.7. The second-order valence-electron chi connectivity index (χ2n) is 6.09. The molecule has 1 unspecified atom stereocenters. The van der Waals surface area contributed by atoms with E-state index >= 15 is 0 Å². The average molecular weight is 295 g/mol. The monoisotopic (exact) mass is 295 g/mol. The van der Waals surface area contributed by atoms with E-state index in [-0.39, 0.29) is 5.82 Å². The lowest BCUT2D eigenvalue weighted by atomic mass is 9.89. The van der Waals surface area contributed by atoms with Crippen molar-refractivity contribution in [2.45, 2.75) is 51.4 Å². The van der Waals surface area contributed by atoms with E-state index in [4.69, 9.17) is 4.74 Å². The van der Waals surface area contributed by atoms with Crippen LogP contribution in [0.2, 0.25) is 0 Å². The molecule has 1 atom stereocenters. The number of halogens is 1. The molecule has 0 aliphatic heterocycles. The van der Waals surface area contributed by atoms with Gasteiger partial charge < -0.3 is 15.2 Å². The van der Waals surface area contributed by atoms with E-state index in [1.165, 1.54) is 18.9 Å². The maximum absolute atomic E-state index is 13.4. The van der Waals surface area contributed by atoms with Gasteiger partial charge in [0.1, 0.15) is 5.82 Å². The molecule has 1 fully saturated rings. The predicted molar refractivity (Wildman–Crippen MR) is 81.5 cm³/mol. The molecule has 2 N–H and O–H groups in total. The third kappa shape index (κ3) is 5.73. The molecule has 1 aromatic carbocycles. The van der Waals surface area contributed by atoms with Gasteiger partial charge in [-0.2, -0.15) is 0 Å². The quantitative estimate of drug-likeness (QED) is 0.813. The Bertz CT molecular complexity index is 419. The molecule has 1 saturated carbocycles. The van der Waals surface area contributed by atoms with E-state index in [9.17, 15) is 9.50 Å². The van der Waals surface area contributed by atoms with Gasteiger partial charge in [-0.05, 0) is 37.7 Å². The van der Waals surface area contributed by atoms with Gasteiger partial charge in [0, 0.05) is 18.7 Å². The summed E-state index contributed by atoms with van der Waals surface area (Å²) in [6.45, 7) is 3.46. The largest absolute Gasteiger partial charge is 0.389 e. The van der Waals surface area contributed by atoms with Crippen LogP contribution in [0, 0.1) is 11.7 Å². The van der Waals surface area contributed by atoms with E-state index in [1.54, 1.807) is 12.1 Å². The van der Waals surface area contributed by atoms with Crippen molar-refractivity contribution in [1.82, 2.24) is 5.32 Å². The molecule has 1 aromatic rings. The Morgan fingerprint density at radius 3 is 2.71 bits per heavy atom. The van der Waals surface area contributed by atoms with E-state index in [2.05, 4.69) is 12.2 Å². The number of nitrogens with one attached hydrogen (secondary N) is 1. The first-order valence-electron chi connectivity index (χ1n) is 7.89. The van der Waals surface area contributed by atoms with Crippen molar-refractivity contribution in [3.63, 3.8) is 0 Å². The van der Waals surface area contributed by atoms with E-state index in [0.29, 0.717) is 31.4 Å². The fourth-order valence-electron chi connectivity index (χ4n) is 2.72. The van der Waals surface area contributed by atoms with Crippen LogP contribution >= 0.6 is 0 Å². The fourth-order valence-corrected chi connectivity index (χ4v) is 2.72. The molecule has 0 bridgehead atoms. The molecular formula is C17H26FNO2. The Balaban J connectivity index is 1.59. The Morgan fingerprint density at radius 1 is 1.29 bits per heavy atom. The van der Waals surface area contributed by atoms with Gasteiger partial charge in [-0.3, -0.25) is 0 Å². The highest BCUT2D eigenvalue weighted by atomic mass is 19.1. The number of benzene rings is 1. The van der Waals surface area contributed by atoms with E-state index < -0.39 is 6.10 Å². The van der Waals surface area contributed by atoms with Gasteiger partial charge in [-0.25, -0.2) is 4.39 Å². The minimum absolute atomic E-state index is 0.216. The van der Waals surface area contributed by atoms with Crippen LogP contribution in [0.25, 0.3) is 0 Å². The van der Waals surface area contributed by atoms with Gasteiger partial charge in [-0.15, -0.1) is 0 Å². The molecule has 21 heavy (non-hydrogen) atoms. The highest BCUT2D eigenvalue weighted by molar-refractivity contribution is 5.16. The zero-order chi connectivity index (χ0) is 15.1. The van der Waals surface area contributed by atoms with Crippen LogP contribution in [0.5, 0.6) is 0 Å².